The molecule has 7 heteroatoms. The highest BCUT2D eigenvalue weighted by atomic mass is 32.2. The summed E-state index contributed by atoms with van der Waals surface area (Å²) in [5.74, 6) is 0.629. The van der Waals surface area contributed by atoms with Gasteiger partial charge in [0, 0.05) is 37.0 Å². The molecule has 0 spiro atoms. The number of rotatable bonds is 3. The largest absolute Gasteiger partial charge is 0.339 e. The van der Waals surface area contributed by atoms with Crippen LogP contribution in [0.25, 0.3) is 0 Å². The SMILES string of the molecule is CC(C)C(=O)N1CCN(C(=O)Cc2ccc3c(c2)NC(=O)CS3)CC1. The topological polar surface area (TPSA) is 69.7 Å². The zero-order valence-electron chi connectivity index (χ0n) is 14.6. The van der Waals surface area contributed by atoms with E-state index in [1.54, 1.807) is 0 Å². The van der Waals surface area contributed by atoms with Crippen LogP contribution in [0.1, 0.15) is 19.4 Å². The van der Waals surface area contributed by atoms with E-state index in [-0.39, 0.29) is 23.6 Å². The second kappa shape index (κ2) is 7.47. The minimum Gasteiger partial charge on any atom is -0.339 e. The van der Waals surface area contributed by atoms with Crippen LogP contribution in [0.2, 0.25) is 0 Å². The molecular weight excluding hydrogens is 338 g/mol. The molecule has 0 unspecified atom stereocenters. The fourth-order valence-electron chi connectivity index (χ4n) is 3.07. The molecule has 2 aliphatic heterocycles. The Morgan fingerprint density at radius 3 is 2.52 bits per heavy atom. The van der Waals surface area contributed by atoms with Crippen molar-refractivity contribution in [3.63, 3.8) is 0 Å². The summed E-state index contributed by atoms with van der Waals surface area (Å²) in [5.41, 5.74) is 1.69. The first-order valence-electron chi connectivity index (χ1n) is 8.56. The highest BCUT2D eigenvalue weighted by Crippen LogP contribution is 2.32. The van der Waals surface area contributed by atoms with Crippen molar-refractivity contribution in [1.29, 1.82) is 0 Å². The number of carbonyl (C=O) groups excluding carboxylic acids is 3. The average Bonchev–Trinajstić information content (AvgIpc) is 2.60. The van der Waals surface area contributed by atoms with Gasteiger partial charge in [-0.1, -0.05) is 19.9 Å². The van der Waals surface area contributed by atoms with Crippen LogP contribution >= 0.6 is 11.8 Å². The monoisotopic (exact) mass is 361 g/mol. The number of carbonyl (C=O) groups is 3. The van der Waals surface area contributed by atoms with Gasteiger partial charge in [-0.25, -0.2) is 0 Å². The van der Waals surface area contributed by atoms with Gasteiger partial charge in [0.05, 0.1) is 17.9 Å². The van der Waals surface area contributed by atoms with Crippen LogP contribution in [-0.2, 0) is 20.8 Å². The second-order valence-electron chi connectivity index (χ2n) is 6.70. The number of nitrogens with one attached hydrogen (secondary N) is 1. The minimum atomic E-state index is -0.00849. The quantitative estimate of drug-likeness (QED) is 0.888. The molecule has 1 aromatic carbocycles. The Labute approximate surface area is 151 Å². The van der Waals surface area contributed by atoms with Crippen LogP contribution in [0.15, 0.2) is 23.1 Å². The van der Waals surface area contributed by atoms with Gasteiger partial charge in [-0.05, 0) is 17.7 Å². The molecule has 6 nitrogen and oxygen atoms in total. The highest BCUT2D eigenvalue weighted by molar-refractivity contribution is 8.00. The Morgan fingerprint density at radius 2 is 1.84 bits per heavy atom. The normalized spacial score (nSPS) is 17.3. The van der Waals surface area contributed by atoms with E-state index >= 15 is 0 Å². The summed E-state index contributed by atoms with van der Waals surface area (Å²) in [6, 6.07) is 5.79. The van der Waals surface area contributed by atoms with E-state index in [2.05, 4.69) is 5.32 Å². The molecule has 3 rings (SSSR count). The molecule has 0 radical (unpaired) electrons. The smallest absolute Gasteiger partial charge is 0.234 e. The van der Waals surface area contributed by atoms with Gasteiger partial charge in [0.2, 0.25) is 17.7 Å². The number of hydrogen-bond acceptors (Lipinski definition) is 4. The maximum atomic E-state index is 12.5. The molecule has 3 amide bonds. The summed E-state index contributed by atoms with van der Waals surface area (Å²) < 4.78 is 0. The van der Waals surface area contributed by atoms with E-state index in [0.29, 0.717) is 38.4 Å². The summed E-state index contributed by atoms with van der Waals surface area (Å²) in [7, 11) is 0. The molecule has 0 bridgehead atoms. The molecule has 1 aromatic rings. The van der Waals surface area contributed by atoms with Crippen molar-refractivity contribution in [3.05, 3.63) is 23.8 Å². The van der Waals surface area contributed by atoms with Crippen LogP contribution in [-0.4, -0.2) is 59.5 Å². The zero-order chi connectivity index (χ0) is 18.0. The first-order chi connectivity index (χ1) is 11.9. The van der Waals surface area contributed by atoms with Crippen molar-refractivity contribution < 1.29 is 14.4 Å². The van der Waals surface area contributed by atoms with Crippen LogP contribution in [0.4, 0.5) is 5.69 Å². The number of amides is 3. The summed E-state index contributed by atoms with van der Waals surface area (Å²) in [6.07, 6.45) is 0.311. The third-order valence-electron chi connectivity index (χ3n) is 4.47. The van der Waals surface area contributed by atoms with Gasteiger partial charge in [-0.2, -0.15) is 0 Å². The summed E-state index contributed by atoms with van der Waals surface area (Å²) >= 11 is 1.51. The van der Waals surface area contributed by atoms with Crippen LogP contribution < -0.4 is 5.32 Å². The number of thioether (sulfide) groups is 1. The first-order valence-corrected chi connectivity index (χ1v) is 9.54. The Balaban J connectivity index is 1.57. The predicted octanol–water partition coefficient (Wildman–Crippen LogP) is 1.60. The number of benzene rings is 1. The maximum Gasteiger partial charge on any atom is 0.234 e. The summed E-state index contributed by atoms with van der Waals surface area (Å²) in [6.45, 7) is 6.14. The molecular formula is C18H23N3O3S. The molecule has 25 heavy (non-hydrogen) atoms. The lowest BCUT2D eigenvalue weighted by Gasteiger charge is -2.35. The minimum absolute atomic E-state index is 0.00748. The molecule has 1 N–H and O–H groups in total. The van der Waals surface area contributed by atoms with Gasteiger partial charge in [0.1, 0.15) is 0 Å². The number of fused-ring (bicyclic) bond motifs is 1. The lowest BCUT2D eigenvalue weighted by molar-refractivity contribution is -0.141. The standard InChI is InChI=1S/C18H23N3O3S/c1-12(2)18(24)21-7-5-20(6-8-21)17(23)10-13-3-4-15-14(9-13)19-16(22)11-25-15/h3-4,9,12H,5-8,10-11H2,1-2H3,(H,19,22). The van der Waals surface area contributed by atoms with Gasteiger partial charge in [-0.3, -0.25) is 14.4 Å². The predicted molar refractivity (Wildman–Crippen MR) is 97.5 cm³/mol. The number of anilines is 1. The summed E-state index contributed by atoms with van der Waals surface area (Å²) in [5, 5.41) is 2.85. The van der Waals surface area contributed by atoms with E-state index in [9.17, 15) is 14.4 Å². The third kappa shape index (κ3) is 4.15. The second-order valence-corrected chi connectivity index (χ2v) is 7.72. The van der Waals surface area contributed by atoms with Gasteiger partial charge >= 0.3 is 0 Å². The Hall–Kier alpha value is -2.02. The molecule has 2 aliphatic rings. The first kappa shape index (κ1) is 17.8. The Kier molecular flexibility index (Phi) is 5.32. The Bertz CT molecular complexity index is 697. The van der Waals surface area contributed by atoms with E-state index in [1.165, 1.54) is 11.8 Å². The zero-order valence-corrected chi connectivity index (χ0v) is 15.4. The summed E-state index contributed by atoms with van der Waals surface area (Å²) in [4.78, 5) is 40.7. The molecule has 0 aromatic heterocycles. The van der Waals surface area contributed by atoms with Crippen molar-refractivity contribution in [2.45, 2.75) is 25.2 Å². The molecule has 2 heterocycles. The van der Waals surface area contributed by atoms with Gasteiger partial charge in [0.15, 0.2) is 0 Å². The number of piperazine rings is 1. The lowest BCUT2D eigenvalue weighted by atomic mass is 10.1. The van der Waals surface area contributed by atoms with Crippen molar-refractivity contribution in [2.75, 3.05) is 37.2 Å². The molecule has 0 saturated carbocycles. The molecule has 134 valence electrons. The third-order valence-corrected chi connectivity index (χ3v) is 5.54. The fraction of sp³-hybridized carbons (Fsp3) is 0.500. The molecule has 1 fully saturated rings. The maximum absolute atomic E-state index is 12.5. The molecule has 0 atom stereocenters. The number of hydrogen-bond donors (Lipinski definition) is 1. The van der Waals surface area contributed by atoms with Gasteiger partial charge < -0.3 is 15.1 Å². The van der Waals surface area contributed by atoms with E-state index in [4.69, 9.17) is 0 Å². The van der Waals surface area contributed by atoms with Gasteiger partial charge in [0.25, 0.3) is 0 Å². The lowest BCUT2D eigenvalue weighted by Crippen LogP contribution is -2.51. The van der Waals surface area contributed by atoms with Crippen molar-refractivity contribution in [3.8, 4) is 0 Å². The van der Waals surface area contributed by atoms with Crippen LogP contribution in [0.3, 0.4) is 0 Å². The molecule has 0 aliphatic carbocycles. The molecule has 1 saturated heterocycles. The van der Waals surface area contributed by atoms with Gasteiger partial charge in [-0.15, -0.1) is 11.8 Å². The van der Waals surface area contributed by atoms with Crippen molar-refractivity contribution >= 4 is 35.2 Å². The number of nitrogens with zero attached hydrogens (tertiary/aromatic N) is 2. The highest BCUT2D eigenvalue weighted by Gasteiger charge is 2.25. The van der Waals surface area contributed by atoms with Crippen LogP contribution in [0, 0.1) is 5.92 Å². The van der Waals surface area contributed by atoms with E-state index in [0.717, 1.165) is 16.1 Å². The van der Waals surface area contributed by atoms with Crippen LogP contribution in [0.5, 0.6) is 0 Å². The van der Waals surface area contributed by atoms with Crippen molar-refractivity contribution in [2.24, 2.45) is 5.92 Å². The van der Waals surface area contributed by atoms with E-state index in [1.807, 2.05) is 41.8 Å². The average molecular weight is 361 g/mol. The Morgan fingerprint density at radius 1 is 1.16 bits per heavy atom. The van der Waals surface area contributed by atoms with Crippen molar-refractivity contribution in [1.82, 2.24) is 9.80 Å². The fourth-order valence-corrected chi connectivity index (χ4v) is 3.86. The van der Waals surface area contributed by atoms with E-state index < -0.39 is 0 Å².